The molecule has 0 radical (unpaired) electrons. The molecule has 1 heterocycles. The third-order valence-electron chi connectivity index (χ3n) is 1.91. The fourth-order valence-corrected chi connectivity index (χ4v) is 1.05. The van der Waals surface area contributed by atoms with Crippen molar-refractivity contribution in [3.05, 3.63) is 24.0 Å². The molecular formula is C11H11N3O3. The van der Waals surface area contributed by atoms with E-state index in [4.69, 9.17) is 11.5 Å². The van der Waals surface area contributed by atoms with Gasteiger partial charge in [-0.05, 0) is 6.07 Å². The van der Waals surface area contributed by atoms with Crippen LogP contribution in [0, 0.1) is 12.3 Å². The van der Waals surface area contributed by atoms with Gasteiger partial charge in [0.25, 0.3) is 0 Å². The second kappa shape index (κ2) is 5.51. The van der Waals surface area contributed by atoms with Crippen molar-refractivity contribution in [1.29, 1.82) is 0 Å². The minimum absolute atomic E-state index is 0.00222. The molecule has 0 atom stereocenters. The molecule has 0 bridgehead atoms. The zero-order valence-corrected chi connectivity index (χ0v) is 9.17. The maximum absolute atomic E-state index is 11.5. The van der Waals surface area contributed by atoms with Crippen LogP contribution < -0.4 is 5.32 Å². The Morgan fingerprint density at radius 3 is 2.88 bits per heavy atom. The van der Waals surface area contributed by atoms with Crippen LogP contribution in [-0.4, -0.2) is 40.6 Å². The van der Waals surface area contributed by atoms with Crippen LogP contribution >= 0.6 is 0 Å². The topological polar surface area (TPSA) is 82.5 Å². The van der Waals surface area contributed by atoms with E-state index in [1.807, 2.05) is 0 Å². The van der Waals surface area contributed by atoms with E-state index in [1.54, 1.807) is 0 Å². The van der Waals surface area contributed by atoms with E-state index in [0.29, 0.717) is 5.69 Å². The summed E-state index contributed by atoms with van der Waals surface area (Å²) < 4.78 is 0. The molecule has 1 rings (SSSR count). The summed E-state index contributed by atoms with van der Waals surface area (Å²) in [6, 6.07) is 0.893. The molecule has 2 amide bonds. The predicted molar refractivity (Wildman–Crippen MR) is 61.7 cm³/mol. The second-order valence-corrected chi connectivity index (χ2v) is 3.26. The molecule has 1 aromatic heterocycles. The molecule has 6 heteroatoms. The molecule has 0 aromatic carbocycles. The number of hydrogen-bond acceptors (Lipinski definition) is 3. The van der Waals surface area contributed by atoms with Gasteiger partial charge in [0.05, 0.1) is 24.0 Å². The SMILES string of the molecule is C#CCN(C)C(=O)Nc1cncc(C(=O)O)c1. The lowest BCUT2D eigenvalue weighted by molar-refractivity contribution is 0.0696. The van der Waals surface area contributed by atoms with Crippen molar-refractivity contribution in [3.63, 3.8) is 0 Å². The van der Waals surface area contributed by atoms with Gasteiger partial charge in [-0.25, -0.2) is 9.59 Å². The number of amides is 2. The summed E-state index contributed by atoms with van der Waals surface area (Å²) in [4.78, 5) is 27.2. The van der Waals surface area contributed by atoms with Crippen LogP contribution in [0.4, 0.5) is 10.5 Å². The molecule has 1 aromatic rings. The molecule has 88 valence electrons. The van der Waals surface area contributed by atoms with Crippen molar-refractivity contribution < 1.29 is 14.7 Å². The first-order valence-corrected chi connectivity index (χ1v) is 4.68. The van der Waals surface area contributed by atoms with Gasteiger partial charge in [-0.2, -0.15) is 0 Å². The maximum Gasteiger partial charge on any atom is 0.337 e. The third kappa shape index (κ3) is 3.50. The van der Waals surface area contributed by atoms with Crippen LogP contribution in [0.25, 0.3) is 0 Å². The lowest BCUT2D eigenvalue weighted by Crippen LogP contribution is -2.31. The van der Waals surface area contributed by atoms with Gasteiger partial charge >= 0.3 is 12.0 Å². The summed E-state index contributed by atoms with van der Waals surface area (Å²) in [6.45, 7) is 0.165. The lowest BCUT2D eigenvalue weighted by Gasteiger charge is -2.14. The quantitative estimate of drug-likeness (QED) is 0.759. The van der Waals surface area contributed by atoms with Gasteiger partial charge in [0.1, 0.15) is 0 Å². The highest BCUT2D eigenvalue weighted by molar-refractivity contribution is 5.92. The molecule has 6 nitrogen and oxygen atoms in total. The Morgan fingerprint density at radius 2 is 2.29 bits per heavy atom. The lowest BCUT2D eigenvalue weighted by atomic mass is 10.2. The molecule has 0 unspecified atom stereocenters. The van der Waals surface area contributed by atoms with Crippen LogP contribution in [0.15, 0.2) is 18.5 Å². The number of carboxylic acid groups (broad SMARTS) is 1. The number of pyridine rings is 1. The third-order valence-corrected chi connectivity index (χ3v) is 1.91. The molecular weight excluding hydrogens is 222 g/mol. The molecule has 0 saturated carbocycles. The van der Waals surface area contributed by atoms with Crippen molar-refractivity contribution in [3.8, 4) is 12.3 Å². The van der Waals surface area contributed by atoms with E-state index >= 15 is 0 Å². The number of aromatic nitrogens is 1. The summed E-state index contributed by atoms with van der Waals surface area (Å²) in [5, 5.41) is 11.2. The number of carboxylic acids is 1. The monoisotopic (exact) mass is 233 g/mol. The normalized spacial score (nSPS) is 9.18. The fraction of sp³-hybridized carbons (Fsp3) is 0.182. The summed E-state index contributed by atoms with van der Waals surface area (Å²) >= 11 is 0. The summed E-state index contributed by atoms with van der Waals surface area (Å²) in [6.07, 6.45) is 7.62. The maximum atomic E-state index is 11.5. The number of carbonyl (C=O) groups excluding carboxylic acids is 1. The number of urea groups is 1. The Hall–Kier alpha value is -2.55. The van der Waals surface area contributed by atoms with Crippen LogP contribution in [-0.2, 0) is 0 Å². The molecule has 17 heavy (non-hydrogen) atoms. The average Bonchev–Trinajstić information content (AvgIpc) is 2.29. The molecule has 0 aliphatic carbocycles. The molecule has 0 aliphatic heterocycles. The second-order valence-electron chi connectivity index (χ2n) is 3.26. The molecule has 0 fully saturated rings. The highest BCUT2D eigenvalue weighted by Gasteiger charge is 2.09. The van der Waals surface area contributed by atoms with Crippen LogP contribution in [0.2, 0.25) is 0 Å². The van der Waals surface area contributed by atoms with Crippen molar-refractivity contribution in [2.24, 2.45) is 0 Å². The zero-order chi connectivity index (χ0) is 12.8. The van der Waals surface area contributed by atoms with Gasteiger partial charge in [-0.3, -0.25) is 4.98 Å². The molecule has 2 N–H and O–H groups in total. The minimum atomic E-state index is -1.11. The van der Waals surface area contributed by atoms with Crippen molar-refractivity contribution in [2.45, 2.75) is 0 Å². The largest absolute Gasteiger partial charge is 0.478 e. The number of nitrogens with one attached hydrogen (secondary N) is 1. The average molecular weight is 233 g/mol. The van der Waals surface area contributed by atoms with E-state index in [1.165, 1.54) is 30.4 Å². The van der Waals surface area contributed by atoms with Gasteiger partial charge in [-0.1, -0.05) is 5.92 Å². The van der Waals surface area contributed by atoms with Crippen molar-refractivity contribution in [1.82, 2.24) is 9.88 Å². The zero-order valence-electron chi connectivity index (χ0n) is 9.17. The number of aromatic carboxylic acids is 1. The van der Waals surface area contributed by atoms with Gasteiger partial charge < -0.3 is 15.3 Å². The van der Waals surface area contributed by atoms with Crippen LogP contribution in [0.5, 0.6) is 0 Å². The molecule has 0 aliphatic rings. The summed E-state index contributed by atoms with van der Waals surface area (Å²) in [5.74, 6) is 1.21. The van der Waals surface area contributed by atoms with Gasteiger partial charge in [-0.15, -0.1) is 6.42 Å². The first-order chi connectivity index (χ1) is 8.04. The van der Waals surface area contributed by atoms with E-state index in [-0.39, 0.29) is 12.1 Å². The van der Waals surface area contributed by atoms with Gasteiger partial charge in [0, 0.05) is 13.2 Å². The summed E-state index contributed by atoms with van der Waals surface area (Å²) in [5.41, 5.74) is 0.307. The van der Waals surface area contributed by atoms with Gasteiger partial charge in [0.15, 0.2) is 0 Å². The Balaban J connectivity index is 2.75. The Bertz CT molecular complexity index is 479. The first kappa shape index (κ1) is 12.5. The number of carbonyl (C=O) groups is 2. The predicted octanol–water partition coefficient (Wildman–Crippen LogP) is 0.877. The fourth-order valence-electron chi connectivity index (χ4n) is 1.05. The molecule has 0 saturated heterocycles. The standard InChI is InChI=1S/C11H11N3O3/c1-3-4-14(2)11(17)13-9-5-8(10(15)16)6-12-7-9/h1,5-7H,4H2,2H3,(H,13,17)(H,15,16). The van der Waals surface area contributed by atoms with E-state index in [9.17, 15) is 9.59 Å². The van der Waals surface area contributed by atoms with E-state index in [2.05, 4.69) is 16.2 Å². The minimum Gasteiger partial charge on any atom is -0.478 e. The number of hydrogen-bond donors (Lipinski definition) is 2. The highest BCUT2D eigenvalue weighted by atomic mass is 16.4. The number of anilines is 1. The smallest absolute Gasteiger partial charge is 0.337 e. The van der Waals surface area contributed by atoms with Crippen LogP contribution in [0.3, 0.4) is 0 Å². The Labute approximate surface area is 98.3 Å². The van der Waals surface area contributed by atoms with Crippen molar-refractivity contribution in [2.75, 3.05) is 18.9 Å². The Kier molecular flexibility index (Phi) is 4.06. The number of nitrogens with zero attached hydrogens (tertiary/aromatic N) is 2. The van der Waals surface area contributed by atoms with Gasteiger partial charge in [0.2, 0.25) is 0 Å². The van der Waals surface area contributed by atoms with E-state index < -0.39 is 12.0 Å². The van der Waals surface area contributed by atoms with Crippen LogP contribution in [0.1, 0.15) is 10.4 Å². The highest BCUT2D eigenvalue weighted by Crippen LogP contribution is 2.08. The number of terminal acetylenes is 1. The number of rotatable bonds is 3. The molecule has 0 spiro atoms. The Morgan fingerprint density at radius 1 is 1.59 bits per heavy atom. The van der Waals surface area contributed by atoms with E-state index in [0.717, 1.165) is 0 Å². The summed E-state index contributed by atoms with van der Waals surface area (Å²) in [7, 11) is 1.53. The van der Waals surface area contributed by atoms with Crippen molar-refractivity contribution >= 4 is 17.7 Å². The first-order valence-electron chi connectivity index (χ1n) is 4.68.